The van der Waals surface area contributed by atoms with Crippen molar-refractivity contribution in [1.29, 1.82) is 0 Å². The molecule has 0 saturated carbocycles. The molecule has 0 bridgehead atoms. The van der Waals surface area contributed by atoms with E-state index in [0.717, 1.165) is 22.9 Å². The highest BCUT2D eigenvalue weighted by atomic mass is 35.5. The van der Waals surface area contributed by atoms with Crippen LogP contribution in [0.25, 0.3) is 0 Å². The number of anilines is 1. The molecule has 1 nitrogen and oxygen atoms in total. The monoisotopic (exact) mass is 253 g/mol. The summed E-state index contributed by atoms with van der Waals surface area (Å²) in [5, 5.41) is 4.46. The summed E-state index contributed by atoms with van der Waals surface area (Å²) in [6, 6.07) is 6.60. The maximum Gasteiger partial charge on any atom is 0.0455 e. The van der Waals surface area contributed by atoms with E-state index in [-0.39, 0.29) is 0 Å². The van der Waals surface area contributed by atoms with Gasteiger partial charge in [-0.3, -0.25) is 0 Å². The van der Waals surface area contributed by atoms with Crippen LogP contribution in [0.3, 0.4) is 0 Å². The van der Waals surface area contributed by atoms with Gasteiger partial charge in [0.25, 0.3) is 0 Å². The van der Waals surface area contributed by atoms with Gasteiger partial charge in [-0.2, -0.15) is 0 Å². The van der Waals surface area contributed by atoms with Crippen molar-refractivity contribution < 1.29 is 0 Å². The fraction of sp³-hybridized carbons (Fsp3) is 0.600. The lowest BCUT2D eigenvalue weighted by molar-refractivity contribution is 0.461. The third-order valence-electron chi connectivity index (χ3n) is 3.50. The van der Waals surface area contributed by atoms with Gasteiger partial charge in [-0.05, 0) is 43.4 Å². The fourth-order valence-corrected chi connectivity index (χ4v) is 2.14. The molecule has 0 spiro atoms. The van der Waals surface area contributed by atoms with Gasteiger partial charge in [0.15, 0.2) is 0 Å². The SMILES string of the molecule is CCC(C)CC(CC)Nc1cccc(Cl)c1C. The Bertz CT molecular complexity index is 349. The summed E-state index contributed by atoms with van der Waals surface area (Å²) in [5.74, 6) is 0.770. The smallest absolute Gasteiger partial charge is 0.0455 e. The van der Waals surface area contributed by atoms with Crippen molar-refractivity contribution in [2.75, 3.05) is 5.32 Å². The number of hydrogen-bond donors (Lipinski definition) is 1. The molecule has 0 radical (unpaired) electrons. The zero-order valence-corrected chi connectivity index (χ0v) is 12.1. The topological polar surface area (TPSA) is 12.0 Å². The van der Waals surface area contributed by atoms with Crippen molar-refractivity contribution in [2.24, 2.45) is 5.92 Å². The van der Waals surface area contributed by atoms with Gasteiger partial charge in [0, 0.05) is 16.8 Å². The third-order valence-corrected chi connectivity index (χ3v) is 3.91. The molecular formula is C15H24ClN. The predicted octanol–water partition coefficient (Wildman–Crippen LogP) is 5.28. The summed E-state index contributed by atoms with van der Waals surface area (Å²) >= 11 is 6.13. The van der Waals surface area contributed by atoms with Gasteiger partial charge >= 0.3 is 0 Å². The summed E-state index contributed by atoms with van der Waals surface area (Å²) in [4.78, 5) is 0. The lowest BCUT2D eigenvalue weighted by Crippen LogP contribution is -2.21. The van der Waals surface area contributed by atoms with Gasteiger partial charge in [0.2, 0.25) is 0 Å². The summed E-state index contributed by atoms with van der Waals surface area (Å²) in [7, 11) is 0. The van der Waals surface area contributed by atoms with E-state index in [1.54, 1.807) is 0 Å². The molecule has 0 aliphatic rings. The Morgan fingerprint density at radius 2 is 1.94 bits per heavy atom. The molecular weight excluding hydrogens is 230 g/mol. The summed E-state index contributed by atoms with van der Waals surface area (Å²) in [5.41, 5.74) is 2.32. The van der Waals surface area contributed by atoms with Crippen LogP contribution < -0.4 is 5.32 Å². The zero-order valence-electron chi connectivity index (χ0n) is 11.4. The van der Waals surface area contributed by atoms with Crippen molar-refractivity contribution in [3.8, 4) is 0 Å². The van der Waals surface area contributed by atoms with E-state index in [2.05, 4.69) is 39.1 Å². The molecule has 2 atom stereocenters. The molecule has 1 aromatic carbocycles. The first-order chi connectivity index (χ1) is 8.08. The standard InChI is InChI=1S/C15H24ClN/c1-5-11(3)10-13(6-2)17-15-9-7-8-14(16)12(15)4/h7-9,11,13,17H,5-6,10H2,1-4H3. The van der Waals surface area contributed by atoms with Crippen LogP contribution in [0.1, 0.15) is 45.6 Å². The lowest BCUT2D eigenvalue weighted by Gasteiger charge is -2.22. The number of benzene rings is 1. The molecule has 96 valence electrons. The van der Waals surface area contributed by atoms with Crippen molar-refractivity contribution >= 4 is 17.3 Å². The van der Waals surface area contributed by atoms with Gasteiger partial charge in [-0.25, -0.2) is 0 Å². The molecule has 0 heterocycles. The Hall–Kier alpha value is -0.690. The van der Waals surface area contributed by atoms with Crippen molar-refractivity contribution in [2.45, 2.75) is 53.0 Å². The van der Waals surface area contributed by atoms with Gasteiger partial charge in [0.05, 0.1) is 0 Å². The molecule has 1 rings (SSSR count). The molecule has 0 aromatic heterocycles. The number of halogens is 1. The summed E-state index contributed by atoms with van der Waals surface area (Å²) in [6.07, 6.45) is 3.61. The molecule has 2 heteroatoms. The molecule has 2 unspecified atom stereocenters. The number of hydrogen-bond acceptors (Lipinski definition) is 1. The van der Waals surface area contributed by atoms with E-state index in [0.29, 0.717) is 6.04 Å². The summed E-state index contributed by atoms with van der Waals surface area (Å²) in [6.45, 7) is 8.87. The third kappa shape index (κ3) is 4.23. The Balaban J connectivity index is 2.70. The predicted molar refractivity (Wildman–Crippen MR) is 78.0 cm³/mol. The molecule has 0 fully saturated rings. The minimum atomic E-state index is 0.544. The van der Waals surface area contributed by atoms with Crippen LogP contribution in [0.15, 0.2) is 18.2 Å². The molecule has 1 aromatic rings. The van der Waals surface area contributed by atoms with Gasteiger partial charge in [-0.1, -0.05) is 44.9 Å². The Labute approximate surface area is 111 Å². The van der Waals surface area contributed by atoms with Crippen LogP contribution in [-0.4, -0.2) is 6.04 Å². The van der Waals surface area contributed by atoms with E-state index in [9.17, 15) is 0 Å². The highest BCUT2D eigenvalue weighted by molar-refractivity contribution is 6.31. The second-order valence-electron chi connectivity index (χ2n) is 4.91. The minimum absolute atomic E-state index is 0.544. The van der Waals surface area contributed by atoms with E-state index in [4.69, 9.17) is 11.6 Å². The van der Waals surface area contributed by atoms with Gasteiger partial charge in [-0.15, -0.1) is 0 Å². The Morgan fingerprint density at radius 1 is 1.24 bits per heavy atom. The van der Waals surface area contributed by atoms with E-state index >= 15 is 0 Å². The van der Waals surface area contributed by atoms with Crippen LogP contribution in [-0.2, 0) is 0 Å². The first-order valence-corrected chi connectivity index (χ1v) is 6.97. The molecule has 0 aliphatic heterocycles. The van der Waals surface area contributed by atoms with E-state index < -0.39 is 0 Å². The highest BCUT2D eigenvalue weighted by Crippen LogP contribution is 2.25. The molecule has 0 aliphatic carbocycles. The quantitative estimate of drug-likeness (QED) is 0.728. The highest BCUT2D eigenvalue weighted by Gasteiger charge is 2.11. The summed E-state index contributed by atoms with van der Waals surface area (Å²) < 4.78 is 0. The van der Waals surface area contributed by atoms with E-state index in [1.807, 2.05) is 12.1 Å². The average molecular weight is 254 g/mol. The van der Waals surface area contributed by atoms with Crippen molar-refractivity contribution in [3.05, 3.63) is 28.8 Å². The number of rotatable bonds is 6. The average Bonchev–Trinajstić information content (AvgIpc) is 2.33. The second kappa shape index (κ2) is 6.90. The normalized spacial score (nSPS) is 14.4. The Kier molecular flexibility index (Phi) is 5.84. The second-order valence-corrected chi connectivity index (χ2v) is 5.32. The fourth-order valence-electron chi connectivity index (χ4n) is 1.96. The van der Waals surface area contributed by atoms with Crippen molar-refractivity contribution in [1.82, 2.24) is 0 Å². The van der Waals surface area contributed by atoms with Crippen LogP contribution in [0.2, 0.25) is 5.02 Å². The zero-order chi connectivity index (χ0) is 12.8. The Morgan fingerprint density at radius 3 is 2.53 bits per heavy atom. The van der Waals surface area contributed by atoms with Crippen LogP contribution in [0, 0.1) is 12.8 Å². The lowest BCUT2D eigenvalue weighted by atomic mass is 9.97. The van der Waals surface area contributed by atoms with Crippen LogP contribution in [0.4, 0.5) is 5.69 Å². The molecule has 0 amide bonds. The molecule has 0 saturated heterocycles. The molecule has 1 N–H and O–H groups in total. The molecule has 17 heavy (non-hydrogen) atoms. The number of nitrogens with one attached hydrogen (secondary N) is 1. The largest absolute Gasteiger partial charge is 0.382 e. The van der Waals surface area contributed by atoms with E-state index in [1.165, 1.54) is 18.5 Å². The maximum atomic E-state index is 6.13. The maximum absolute atomic E-state index is 6.13. The van der Waals surface area contributed by atoms with Crippen molar-refractivity contribution in [3.63, 3.8) is 0 Å². The first kappa shape index (κ1) is 14.4. The minimum Gasteiger partial charge on any atom is -0.382 e. The van der Waals surface area contributed by atoms with Gasteiger partial charge in [0.1, 0.15) is 0 Å². The first-order valence-electron chi connectivity index (χ1n) is 6.60. The van der Waals surface area contributed by atoms with Crippen LogP contribution >= 0.6 is 11.6 Å². The van der Waals surface area contributed by atoms with Gasteiger partial charge < -0.3 is 5.32 Å². The van der Waals surface area contributed by atoms with Crippen LogP contribution in [0.5, 0.6) is 0 Å².